The Hall–Kier alpha value is -4.41. The summed E-state index contributed by atoms with van der Waals surface area (Å²) >= 11 is 1.53. The predicted octanol–water partition coefficient (Wildman–Crippen LogP) is 7.33. The molecule has 1 aliphatic rings. The van der Waals surface area contributed by atoms with E-state index in [1.807, 2.05) is 6.92 Å². The van der Waals surface area contributed by atoms with Crippen LogP contribution in [0.2, 0.25) is 0 Å². The van der Waals surface area contributed by atoms with Crippen molar-refractivity contribution in [2.75, 3.05) is 24.7 Å². The Balaban J connectivity index is 2.15. The summed E-state index contributed by atoms with van der Waals surface area (Å²) in [5.41, 5.74) is 0.134. The van der Waals surface area contributed by atoms with Crippen molar-refractivity contribution in [2.45, 2.75) is 162 Å². The number of ether oxygens (including phenoxy) is 2. The number of unbranched alkanes of at least 4 members (excludes halogenated alkanes) is 9. The van der Waals surface area contributed by atoms with Gasteiger partial charge in [-0.2, -0.15) is 11.8 Å². The largest absolute Gasteiger partial charge is 0.480 e. The first-order valence-corrected chi connectivity index (χ1v) is 23.3. The van der Waals surface area contributed by atoms with E-state index in [0.717, 1.165) is 25.0 Å². The molecule has 1 aromatic rings. The van der Waals surface area contributed by atoms with E-state index in [1.54, 1.807) is 27.7 Å². The second-order valence-electron chi connectivity index (χ2n) is 16.3. The van der Waals surface area contributed by atoms with Gasteiger partial charge in [0, 0.05) is 24.4 Å². The van der Waals surface area contributed by atoms with Gasteiger partial charge >= 0.3 is 18.0 Å². The van der Waals surface area contributed by atoms with Crippen LogP contribution in [0.3, 0.4) is 0 Å². The molecule has 61 heavy (non-hydrogen) atoms. The number of non-ortho nitro benzene ring substituents is 1. The Kier molecular flexibility index (Phi) is 24.4. The number of likely N-dealkylation sites (tertiary alicyclic amines) is 1. The molecule has 0 spiro atoms. The third-order valence-corrected chi connectivity index (χ3v) is 12.3. The summed E-state index contributed by atoms with van der Waals surface area (Å²) < 4.78 is 11.3. The number of carbonyl (C=O) groups excluding carboxylic acids is 5. The highest BCUT2D eigenvalue weighted by Crippen LogP contribution is 2.32. The zero-order chi connectivity index (χ0) is 45.5. The smallest absolute Gasteiger partial charge is 0.408 e. The summed E-state index contributed by atoms with van der Waals surface area (Å²) in [5.74, 6) is -4.32. The molecule has 0 aromatic heterocycles. The Bertz CT molecular complexity index is 1560. The fourth-order valence-corrected chi connectivity index (χ4v) is 8.34. The van der Waals surface area contributed by atoms with Gasteiger partial charge < -0.3 is 35.4 Å². The van der Waals surface area contributed by atoms with Crippen molar-refractivity contribution in [1.82, 2.24) is 20.9 Å². The number of nitro benzene ring substituents is 1. The van der Waals surface area contributed by atoms with Crippen molar-refractivity contribution in [3.8, 4) is 0 Å². The van der Waals surface area contributed by atoms with E-state index >= 15 is 0 Å². The number of thioether (sulfide) groups is 1. The van der Waals surface area contributed by atoms with Crippen LogP contribution in [0.25, 0.3) is 0 Å². The van der Waals surface area contributed by atoms with Gasteiger partial charge in [-0.15, -0.1) is 0 Å². The lowest BCUT2D eigenvalue weighted by Crippen LogP contribution is -2.58. The van der Waals surface area contributed by atoms with Gasteiger partial charge in [0.05, 0.1) is 11.5 Å². The summed E-state index contributed by atoms with van der Waals surface area (Å²) in [5, 5.41) is 28.9. The lowest BCUT2D eigenvalue weighted by Gasteiger charge is -2.32. The Morgan fingerprint density at radius 2 is 1.48 bits per heavy atom. The zero-order valence-electron chi connectivity index (χ0n) is 37.3. The molecule has 4 amide bonds. The number of benzene rings is 1. The monoisotopic (exact) mass is 877 g/mol. The molecular weight excluding hydrogens is 807 g/mol. The number of carboxylic acid groups (broad SMARTS) is 1. The Labute approximate surface area is 365 Å². The summed E-state index contributed by atoms with van der Waals surface area (Å²) in [6, 6.07) is 1.00. The van der Waals surface area contributed by atoms with Gasteiger partial charge in [-0.05, 0) is 68.4 Å². The molecule has 17 heteroatoms. The molecule has 1 saturated heterocycles. The number of nitrogens with zero attached hydrogens (tertiary/aromatic N) is 2. The van der Waals surface area contributed by atoms with E-state index in [2.05, 4.69) is 22.9 Å². The maximum Gasteiger partial charge on any atom is 0.408 e. The number of amides is 4. The average Bonchev–Trinajstić information content (AvgIpc) is 3.72. The molecule has 0 bridgehead atoms. The quantitative estimate of drug-likeness (QED) is 0.0269. The van der Waals surface area contributed by atoms with Gasteiger partial charge in [-0.25, -0.2) is 9.59 Å². The van der Waals surface area contributed by atoms with Gasteiger partial charge in [0.15, 0.2) is 0 Å². The predicted molar refractivity (Wildman–Crippen MR) is 235 cm³/mol. The second-order valence-corrected chi connectivity index (χ2v) is 17.4. The van der Waals surface area contributed by atoms with Crippen LogP contribution >= 0.6 is 11.8 Å². The van der Waals surface area contributed by atoms with Crippen LogP contribution in [0.1, 0.15) is 144 Å². The molecule has 7 atom stereocenters. The fourth-order valence-electron chi connectivity index (χ4n) is 7.20. The minimum atomic E-state index is -1.23. The number of hydrogen-bond acceptors (Lipinski definition) is 11. The first kappa shape index (κ1) is 52.7. The molecule has 2 unspecified atom stereocenters. The first-order chi connectivity index (χ1) is 29.1. The molecule has 0 radical (unpaired) electrons. The highest BCUT2D eigenvalue weighted by Gasteiger charge is 2.41. The van der Waals surface area contributed by atoms with E-state index in [4.69, 9.17) is 9.47 Å². The average molecular weight is 878 g/mol. The molecule has 1 aliphatic heterocycles. The minimum absolute atomic E-state index is 0.0777. The number of aliphatic carboxylic acids is 1. The van der Waals surface area contributed by atoms with Crippen LogP contribution in [-0.2, 0) is 33.4 Å². The van der Waals surface area contributed by atoms with Crippen LogP contribution in [0.4, 0.5) is 10.5 Å². The van der Waals surface area contributed by atoms with Crippen LogP contribution in [-0.4, -0.2) is 99.5 Å². The normalized spacial score (nSPS) is 16.7. The minimum Gasteiger partial charge on any atom is -0.480 e. The van der Waals surface area contributed by atoms with Crippen molar-refractivity contribution >= 4 is 53.2 Å². The first-order valence-electron chi connectivity index (χ1n) is 22.2. The van der Waals surface area contributed by atoms with E-state index in [-0.39, 0.29) is 30.5 Å². The number of alkyl carbamates (subject to hydrolysis) is 1. The number of hydrogen-bond donors (Lipinski definition) is 4. The summed E-state index contributed by atoms with van der Waals surface area (Å²) in [4.78, 5) is 91.8. The topological polar surface area (TPSA) is 224 Å². The van der Waals surface area contributed by atoms with E-state index in [0.29, 0.717) is 24.8 Å². The second kappa shape index (κ2) is 28.2. The van der Waals surface area contributed by atoms with Gasteiger partial charge in [-0.1, -0.05) is 98.8 Å². The highest BCUT2D eigenvalue weighted by molar-refractivity contribution is 7.99. The van der Waals surface area contributed by atoms with Crippen LogP contribution < -0.4 is 16.0 Å². The number of rotatable bonds is 29. The number of carbonyl (C=O) groups is 6. The van der Waals surface area contributed by atoms with E-state index < -0.39 is 82.8 Å². The molecule has 1 aromatic carbocycles. The molecule has 1 fully saturated rings. The maximum atomic E-state index is 13.9. The number of nitrogens with one attached hydrogen (secondary N) is 3. The number of esters is 1. The molecule has 16 nitrogen and oxygen atoms in total. The molecule has 344 valence electrons. The molecule has 1 heterocycles. The lowest BCUT2D eigenvalue weighted by molar-refractivity contribution is -0.384. The molecule has 0 aliphatic carbocycles. The van der Waals surface area contributed by atoms with Gasteiger partial charge in [0.1, 0.15) is 36.2 Å². The van der Waals surface area contributed by atoms with E-state index in [9.17, 15) is 44.0 Å². The summed E-state index contributed by atoms with van der Waals surface area (Å²) in [6.45, 7) is 12.6. The molecule has 2 rings (SSSR count). The summed E-state index contributed by atoms with van der Waals surface area (Å²) in [7, 11) is 0. The SMILES string of the molecule is CCCCCCCCCCCCSCC(C(=O)OCC)C(OC(=O)N[C@@H](C)C(=O)N[C@H](C(=O)N1CCC[C@H]1C(=O)N[C@H](C(=O)O)[C@@H](C)CC)C(C)C)c1ccc([N+](=O)[O-])cc1. The van der Waals surface area contributed by atoms with Crippen molar-refractivity contribution in [2.24, 2.45) is 17.8 Å². The third-order valence-electron chi connectivity index (χ3n) is 11.1. The van der Waals surface area contributed by atoms with Crippen LogP contribution in [0.5, 0.6) is 0 Å². The van der Waals surface area contributed by atoms with Crippen molar-refractivity contribution in [3.05, 3.63) is 39.9 Å². The van der Waals surface area contributed by atoms with Crippen LogP contribution in [0.15, 0.2) is 24.3 Å². The maximum absolute atomic E-state index is 13.9. The van der Waals surface area contributed by atoms with Crippen molar-refractivity contribution in [1.29, 1.82) is 0 Å². The Morgan fingerprint density at radius 3 is 2.02 bits per heavy atom. The lowest BCUT2D eigenvalue weighted by atomic mass is 9.96. The highest BCUT2D eigenvalue weighted by atomic mass is 32.2. The zero-order valence-corrected chi connectivity index (χ0v) is 38.1. The molecule has 0 saturated carbocycles. The Morgan fingerprint density at radius 1 is 0.869 bits per heavy atom. The van der Waals surface area contributed by atoms with E-state index in [1.165, 1.54) is 92.8 Å². The van der Waals surface area contributed by atoms with Crippen molar-refractivity contribution < 1.29 is 48.3 Å². The molecular formula is C44H71N5O11S. The third kappa shape index (κ3) is 17.8. The van der Waals surface area contributed by atoms with Crippen LogP contribution in [0, 0.1) is 27.9 Å². The van der Waals surface area contributed by atoms with Gasteiger partial charge in [0.2, 0.25) is 17.7 Å². The van der Waals surface area contributed by atoms with Gasteiger partial charge in [0.25, 0.3) is 5.69 Å². The summed E-state index contributed by atoms with van der Waals surface area (Å²) in [6.07, 6.45) is 11.0. The van der Waals surface area contributed by atoms with Gasteiger partial charge in [-0.3, -0.25) is 29.3 Å². The number of carboxylic acids is 1. The number of nitro groups is 1. The molecule has 4 N–H and O–H groups in total. The van der Waals surface area contributed by atoms with Crippen molar-refractivity contribution in [3.63, 3.8) is 0 Å². The fraction of sp³-hybridized carbons (Fsp3) is 0.727. The standard InChI is InChI=1S/C44H71N5O11S/c1-8-11-12-13-14-15-16-17-18-19-27-61-28-34(43(55)59-10-3)38(32-22-24-33(25-23-32)49(57)58)60-44(56)45-31(7)39(50)46-36(29(4)5)41(52)48-26-20-21-35(48)40(51)47-37(42(53)54)30(6)9-2/h22-25,29-31,34-38H,8-21,26-28H2,1-7H3,(H,45,56)(H,46,50)(H,47,51)(H,53,54)/t30-,31-,34?,35-,36-,37-,38?/m0/s1.